The molecule has 0 saturated heterocycles. The van der Waals surface area contributed by atoms with Gasteiger partial charge in [0.05, 0.1) is 15.5 Å². The van der Waals surface area contributed by atoms with Gasteiger partial charge in [-0.1, -0.05) is 29.1 Å². The largest absolute Gasteiger partial charge is 0.410 e. The van der Waals surface area contributed by atoms with Gasteiger partial charge in [-0.15, -0.1) is 32.9 Å². The smallest absolute Gasteiger partial charge is 0.277 e. The van der Waals surface area contributed by atoms with Crippen molar-refractivity contribution in [3.05, 3.63) is 40.8 Å². The zero-order chi connectivity index (χ0) is 14.8. The van der Waals surface area contributed by atoms with Gasteiger partial charge in [-0.05, 0) is 22.9 Å². The van der Waals surface area contributed by atoms with E-state index in [9.17, 15) is 0 Å². The Labute approximate surface area is 137 Å². The van der Waals surface area contributed by atoms with E-state index in [0.717, 1.165) is 9.75 Å². The Bertz CT molecular complexity index is 779. The molecule has 4 rings (SSSR count). The molecule has 9 heteroatoms. The Hall–Kier alpha value is -1.97. The van der Waals surface area contributed by atoms with E-state index in [2.05, 4.69) is 20.3 Å². The third kappa shape index (κ3) is 2.82. The van der Waals surface area contributed by atoms with E-state index in [1.807, 2.05) is 35.0 Å². The summed E-state index contributed by atoms with van der Waals surface area (Å²) >= 11 is 4.51. The second-order valence-electron chi connectivity index (χ2n) is 4.13. The van der Waals surface area contributed by atoms with Crippen molar-refractivity contribution in [3.8, 4) is 21.5 Å². The van der Waals surface area contributed by atoms with E-state index in [1.54, 1.807) is 22.7 Å². The summed E-state index contributed by atoms with van der Waals surface area (Å²) in [5, 5.41) is 16.4. The lowest BCUT2D eigenvalue weighted by molar-refractivity contribution is 0.425. The van der Waals surface area contributed by atoms with Crippen LogP contribution < -0.4 is 0 Å². The van der Waals surface area contributed by atoms with Gasteiger partial charge in [0.1, 0.15) is 0 Å². The lowest BCUT2D eigenvalue weighted by atomic mass is 10.5. The van der Waals surface area contributed by atoms with Crippen LogP contribution in [0.3, 0.4) is 0 Å². The first kappa shape index (κ1) is 13.7. The minimum absolute atomic E-state index is 0.492. The maximum Gasteiger partial charge on any atom is 0.277 e. The van der Waals surface area contributed by atoms with Crippen molar-refractivity contribution in [2.24, 2.45) is 0 Å². The van der Waals surface area contributed by atoms with E-state index in [4.69, 9.17) is 8.94 Å². The first-order valence-corrected chi connectivity index (χ1v) is 8.99. The van der Waals surface area contributed by atoms with Crippen LogP contribution in [-0.2, 0) is 5.75 Å². The fourth-order valence-electron chi connectivity index (χ4n) is 1.71. The number of rotatable bonds is 5. The van der Waals surface area contributed by atoms with Gasteiger partial charge < -0.3 is 8.94 Å². The van der Waals surface area contributed by atoms with Gasteiger partial charge in [-0.3, -0.25) is 0 Å². The highest BCUT2D eigenvalue weighted by atomic mass is 32.2. The average molecular weight is 348 g/mol. The second-order valence-corrected chi connectivity index (χ2v) is 6.95. The van der Waals surface area contributed by atoms with Crippen molar-refractivity contribution in [2.45, 2.75) is 11.0 Å². The fraction of sp³-hybridized carbons (Fsp3) is 0.0769. The first-order chi connectivity index (χ1) is 10.9. The number of aromatic nitrogens is 4. The van der Waals surface area contributed by atoms with Crippen LogP contribution >= 0.6 is 34.4 Å². The van der Waals surface area contributed by atoms with Gasteiger partial charge in [0, 0.05) is 0 Å². The summed E-state index contributed by atoms with van der Waals surface area (Å²) in [4.78, 5) is 6.27. The number of hydrogen-bond acceptors (Lipinski definition) is 9. The molecule has 110 valence electrons. The SMILES string of the molecule is c1csc(-c2nc(CSc3nnc(-c4cccs4)o3)no2)c1. The van der Waals surface area contributed by atoms with Crippen LogP contribution in [0.5, 0.6) is 0 Å². The Balaban J connectivity index is 1.43. The molecule has 0 radical (unpaired) electrons. The summed E-state index contributed by atoms with van der Waals surface area (Å²) in [6.07, 6.45) is 0. The highest BCUT2D eigenvalue weighted by Crippen LogP contribution is 2.28. The van der Waals surface area contributed by atoms with Gasteiger partial charge in [0.25, 0.3) is 17.0 Å². The van der Waals surface area contributed by atoms with E-state index < -0.39 is 0 Å². The monoisotopic (exact) mass is 348 g/mol. The molecular weight excluding hydrogens is 340 g/mol. The van der Waals surface area contributed by atoms with Gasteiger partial charge in [0.2, 0.25) is 0 Å². The average Bonchev–Trinajstić information content (AvgIpc) is 3.33. The molecule has 0 aliphatic carbocycles. The molecule has 0 saturated carbocycles. The molecule has 0 spiro atoms. The van der Waals surface area contributed by atoms with Crippen molar-refractivity contribution in [3.63, 3.8) is 0 Å². The summed E-state index contributed by atoms with van der Waals surface area (Å²) in [6, 6.07) is 7.78. The maximum absolute atomic E-state index is 5.60. The first-order valence-electron chi connectivity index (χ1n) is 6.25. The maximum atomic E-state index is 5.60. The van der Waals surface area contributed by atoms with Crippen molar-refractivity contribution >= 4 is 34.4 Å². The van der Waals surface area contributed by atoms with Crippen LogP contribution in [0, 0.1) is 0 Å². The molecule has 4 heterocycles. The van der Waals surface area contributed by atoms with Gasteiger partial charge in [-0.25, -0.2) is 0 Å². The standard InChI is InChI=1S/C13H8N4O2S3/c1-3-8(20-5-1)11-14-10(17-19-11)7-22-13-16-15-12(18-13)9-4-2-6-21-9/h1-6H,7H2. The van der Waals surface area contributed by atoms with E-state index in [0.29, 0.717) is 28.6 Å². The summed E-state index contributed by atoms with van der Waals surface area (Å²) in [5.41, 5.74) is 0. The Kier molecular flexibility index (Phi) is 3.75. The highest BCUT2D eigenvalue weighted by molar-refractivity contribution is 7.98. The summed E-state index contributed by atoms with van der Waals surface area (Å²) in [5.74, 6) is 2.19. The third-order valence-corrected chi connectivity index (χ3v) is 5.19. The predicted molar refractivity (Wildman–Crippen MR) is 84.8 cm³/mol. The zero-order valence-electron chi connectivity index (χ0n) is 11.0. The minimum atomic E-state index is 0.492. The summed E-state index contributed by atoms with van der Waals surface area (Å²) in [6.45, 7) is 0. The van der Waals surface area contributed by atoms with Crippen LogP contribution in [0.1, 0.15) is 5.82 Å². The fourth-order valence-corrected chi connectivity index (χ4v) is 3.60. The molecule has 0 amide bonds. The van der Waals surface area contributed by atoms with Crippen molar-refractivity contribution in [1.29, 1.82) is 0 Å². The molecule has 4 aromatic rings. The van der Waals surface area contributed by atoms with Crippen molar-refractivity contribution in [1.82, 2.24) is 20.3 Å². The van der Waals surface area contributed by atoms with E-state index >= 15 is 0 Å². The molecule has 4 aromatic heterocycles. The molecule has 22 heavy (non-hydrogen) atoms. The lowest BCUT2D eigenvalue weighted by Crippen LogP contribution is -1.83. The molecule has 6 nitrogen and oxygen atoms in total. The molecular formula is C13H8N4O2S3. The topological polar surface area (TPSA) is 77.8 Å². The minimum Gasteiger partial charge on any atom is -0.410 e. The van der Waals surface area contributed by atoms with Crippen molar-refractivity contribution < 1.29 is 8.94 Å². The molecule has 0 unspecified atom stereocenters. The van der Waals surface area contributed by atoms with Gasteiger partial charge >= 0.3 is 0 Å². The Morgan fingerprint density at radius 3 is 2.50 bits per heavy atom. The van der Waals surface area contributed by atoms with Crippen LogP contribution in [-0.4, -0.2) is 20.3 Å². The number of thiophene rings is 2. The van der Waals surface area contributed by atoms with Crippen LogP contribution in [0.4, 0.5) is 0 Å². The van der Waals surface area contributed by atoms with E-state index in [1.165, 1.54) is 11.8 Å². The summed E-state index contributed by atoms with van der Waals surface area (Å²) in [7, 11) is 0. The van der Waals surface area contributed by atoms with Crippen molar-refractivity contribution in [2.75, 3.05) is 0 Å². The molecule has 0 aliphatic heterocycles. The Morgan fingerprint density at radius 2 is 1.77 bits per heavy atom. The third-order valence-electron chi connectivity index (χ3n) is 2.66. The lowest BCUT2D eigenvalue weighted by Gasteiger charge is -1.89. The van der Waals surface area contributed by atoms with E-state index in [-0.39, 0.29) is 0 Å². The molecule has 0 bridgehead atoms. The summed E-state index contributed by atoms with van der Waals surface area (Å²) < 4.78 is 10.8. The van der Waals surface area contributed by atoms with Gasteiger partial charge in [0.15, 0.2) is 5.82 Å². The quantitative estimate of drug-likeness (QED) is 0.500. The van der Waals surface area contributed by atoms with Crippen LogP contribution in [0.15, 0.2) is 49.2 Å². The number of hydrogen-bond donors (Lipinski definition) is 0. The van der Waals surface area contributed by atoms with Crippen LogP contribution in [0.25, 0.3) is 21.5 Å². The van der Waals surface area contributed by atoms with Crippen LogP contribution in [0.2, 0.25) is 0 Å². The molecule has 0 atom stereocenters. The normalized spacial score (nSPS) is 11.1. The molecule has 0 aliphatic rings. The Morgan fingerprint density at radius 1 is 1.00 bits per heavy atom. The highest BCUT2D eigenvalue weighted by Gasteiger charge is 2.13. The molecule has 0 N–H and O–H groups in total. The van der Waals surface area contributed by atoms with Gasteiger partial charge in [-0.2, -0.15) is 4.98 Å². The zero-order valence-corrected chi connectivity index (χ0v) is 13.5. The molecule has 0 aromatic carbocycles. The molecule has 0 fully saturated rings. The number of thioether (sulfide) groups is 1. The number of nitrogens with zero attached hydrogens (tertiary/aromatic N) is 4. The second kappa shape index (κ2) is 6.03. The predicted octanol–water partition coefficient (Wildman–Crippen LogP) is 4.20.